The molecular weight excluding hydrogens is 188 g/mol. The predicted octanol–water partition coefficient (Wildman–Crippen LogP) is 1.50. The Morgan fingerprint density at radius 1 is 1.62 bits per heavy atom. The molecule has 0 bridgehead atoms. The molecule has 0 saturated heterocycles. The summed E-state index contributed by atoms with van der Waals surface area (Å²) in [4.78, 5) is 15.3. The van der Waals surface area contributed by atoms with Gasteiger partial charge in [0, 0.05) is 0 Å². The lowest BCUT2D eigenvalue weighted by molar-refractivity contribution is 0.0968. The van der Waals surface area contributed by atoms with Crippen molar-refractivity contribution in [3.05, 3.63) is 29.6 Å². The molecule has 0 aliphatic carbocycles. The van der Waals surface area contributed by atoms with Crippen LogP contribution >= 0.6 is 11.3 Å². The molecule has 2 N–H and O–H groups in total. The summed E-state index contributed by atoms with van der Waals surface area (Å²) >= 11 is 1.52. The van der Waals surface area contributed by atoms with Crippen LogP contribution in [0.25, 0.3) is 10.6 Å². The second kappa shape index (κ2) is 3.02. The maximum atomic E-state index is 10.7. The van der Waals surface area contributed by atoms with Crippen LogP contribution in [0.15, 0.2) is 28.1 Å². The van der Waals surface area contributed by atoms with Crippen molar-refractivity contribution in [1.82, 2.24) is 4.98 Å². The highest BCUT2D eigenvalue weighted by atomic mass is 32.1. The molecule has 66 valence electrons. The lowest BCUT2D eigenvalue weighted by atomic mass is 10.4. The Kier molecular flexibility index (Phi) is 1.86. The second-order valence-electron chi connectivity index (χ2n) is 2.37. The number of oxazole rings is 1. The topological polar surface area (TPSA) is 69.1 Å². The van der Waals surface area contributed by atoms with Crippen molar-refractivity contribution in [2.45, 2.75) is 0 Å². The zero-order valence-electron chi connectivity index (χ0n) is 6.56. The molecule has 13 heavy (non-hydrogen) atoms. The van der Waals surface area contributed by atoms with Crippen LogP contribution in [0.4, 0.5) is 0 Å². The largest absolute Gasteiger partial charge is 0.431 e. The van der Waals surface area contributed by atoms with E-state index in [-0.39, 0.29) is 5.89 Å². The minimum Gasteiger partial charge on any atom is -0.431 e. The maximum absolute atomic E-state index is 10.7. The molecule has 0 aliphatic rings. The maximum Gasteiger partial charge on any atom is 0.304 e. The van der Waals surface area contributed by atoms with Crippen molar-refractivity contribution >= 4 is 17.2 Å². The van der Waals surface area contributed by atoms with Crippen LogP contribution in [0.2, 0.25) is 0 Å². The van der Waals surface area contributed by atoms with Crippen LogP contribution in [-0.4, -0.2) is 10.9 Å². The Morgan fingerprint density at radius 3 is 3.00 bits per heavy atom. The van der Waals surface area contributed by atoms with Gasteiger partial charge in [-0.15, -0.1) is 11.3 Å². The summed E-state index contributed by atoms with van der Waals surface area (Å²) in [5.41, 5.74) is 4.99. The van der Waals surface area contributed by atoms with E-state index in [0.717, 1.165) is 4.88 Å². The molecule has 2 rings (SSSR count). The molecule has 2 aromatic heterocycles. The number of hydrogen-bond acceptors (Lipinski definition) is 4. The number of primary amides is 1. The Labute approximate surface area is 78.0 Å². The van der Waals surface area contributed by atoms with Crippen LogP contribution in [-0.2, 0) is 0 Å². The van der Waals surface area contributed by atoms with Crippen LogP contribution in [0.5, 0.6) is 0 Å². The summed E-state index contributed by atoms with van der Waals surface area (Å²) < 4.78 is 5.11. The molecule has 0 fully saturated rings. The third-order valence-corrected chi connectivity index (χ3v) is 2.36. The van der Waals surface area contributed by atoms with Crippen LogP contribution in [0.1, 0.15) is 10.7 Å². The Balaban J connectivity index is 2.39. The minimum absolute atomic E-state index is 0.0524. The number of amides is 1. The molecule has 0 spiro atoms. The van der Waals surface area contributed by atoms with Crippen molar-refractivity contribution < 1.29 is 9.21 Å². The Morgan fingerprint density at radius 2 is 2.46 bits per heavy atom. The van der Waals surface area contributed by atoms with Gasteiger partial charge in [0.15, 0.2) is 5.76 Å². The van der Waals surface area contributed by atoms with E-state index < -0.39 is 5.91 Å². The fraction of sp³-hybridized carbons (Fsp3) is 0. The second-order valence-corrected chi connectivity index (χ2v) is 3.32. The smallest absolute Gasteiger partial charge is 0.304 e. The van der Waals surface area contributed by atoms with Gasteiger partial charge in [-0.25, -0.2) is 4.98 Å². The average molecular weight is 194 g/mol. The third kappa shape index (κ3) is 1.46. The minimum atomic E-state index is -0.650. The van der Waals surface area contributed by atoms with Gasteiger partial charge in [-0.2, -0.15) is 0 Å². The highest BCUT2D eigenvalue weighted by Crippen LogP contribution is 2.24. The van der Waals surface area contributed by atoms with Crippen LogP contribution in [0.3, 0.4) is 0 Å². The third-order valence-electron chi connectivity index (χ3n) is 1.48. The number of aromatic nitrogens is 1. The number of carbonyl (C=O) groups is 1. The number of thiophene rings is 1. The predicted molar refractivity (Wildman–Crippen MR) is 48.3 cm³/mol. The molecule has 2 heterocycles. The van der Waals surface area contributed by atoms with Crippen molar-refractivity contribution in [3.8, 4) is 10.6 Å². The first-order chi connectivity index (χ1) is 6.27. The summed E-state index contributed by atoms with van der Waals surface area (Å²) in [5.74, 6) is -0.130. The highest BCUT2D eigenvalue weighted by molar-refractivity contribution is 7.13. The van der Waals surface area contributed by atoms with Gasteiger partial charge in [0.2, 0.25) is 0 Å². The van der Waals surface area contributed by atoms with Gasteiger partial charge in [-0.05, 0) is 11.4 Å². The molecule has 1 amide bonds. The van der Waals surface area contributed by atoms with Crippen LogP contribution < -0.4 is 5.73 Å². The summed E-state index contributed by atoms with van der Waals surface area (Å²) in [6, 6.07) is 3.78. The SMILES string of the molecule is NC(=O)c1ncc(-c2cccs2)o1. The number of carbonyl (C=O) groups excluding carboxylic acids is 1. The van der Waals surface area contributed by atoms with E-state index in [0.29, 0.717) is 5.76 Å². The van der Waals surface area contributed by atoms with E-state index in [4.69, 9.17) is 10.2 Å². The van der Waals surface area contributed by atoms with Crippen LogP contribution in [0, 0.1) is 0 Å². The summed E-state index contributed by atoms with van der Waals surface area (Å²) in [6.07, 6.45) is 1.49. The Hall–Kier alpha value is -1.62. The number of nitrogens with zero attached hydrogens (tertiary/aromatic N) is 1. The van der Waals surface area contributed by atoms with E-state index in [1.54, 1.807) is 0 Å². The van der Waals surface area contributed by atoms with Crippen molar-refractivity contribution in [1.29, 1.82) is 0 Å². The van der Waals surface area contributed by atoms with E-state index in [2.05, 4.69) is 4.98 Å². The van der Waals surface area contributed by atoms with Crippen molar-refractivity contribution in [2.24, 2.45) is 5.73 Å². The zero-order chi connectivity index (χ0) is 9.26. The van der Waals surface area contributed by atoms with E-state index in [9.17, 15) is 4.79 Å². The van der Waals surface area contributed by atoms with Gasteiger partial charge >= 0.3 is 5.91 Å². The first kappa shape index (κ1) is 8.00. The fourth-order valence-electron chi connectivity index (χ4n) is 0.921. The summed E-state index contributed by atoms with van der Waals surface area (Å²) in [7, 11) is 0. The Bertz CT molecular complexity index is 419. The van der Waals surface area contributed by atoms with Gasteiger partial charge in [0.05, 0.1) is 11.1 Å². The number of hydrogen-bond donors (Lipinski definition) is 1. The number of rotatable bonds is 2. The molecule has 0 aliphatic heterocycles. The average Bonchev–Trinajstić information content (AvgIpc) is 2.75. The molecule has 0 unspecified atom stereocenters. The lowest BCUT2D eigenvalue weighted by Crippen LogP contribution is -2.10. The quantitative estimate of drug-likeness (QED) is 0.787. The molecule has 0 radical (unpaired) electrons. The van der Waals surface area contributed by atoms with Gasteiger partial charge in [0.25, 0.3) is 5.89 Å². The van der Waals surface area contributed by atoms with Crippen molar-refractivity contribution in [2.75, 3.05) is 0 Å². The van der Waals surface area contributed by atoms with E-state index >= 15 is 0 Å². The van der Waals surface area contributed by atoms with E-state index in [1.165, 1.54) is 17.5 Å². The first-order valence-electron chi connectivity index (χ1n) is 3.57. The van der Waals surface area contributed by atoms with Crippen molar-refractivity contribution in [3.63, 3.8) is 0 Å². The normalized spacial score (nSPS) is 10.2. The van der Waals surface area contributed by atoms with Gasteiger partial charge in [-0.1, -0.05) is 6.07 Å². The monoisotopic (exact) mass is 194 g/mol. The molecule has 5 heteroatoms. The summed E-state index contributed by atoms with van der Waals surface area (Å²) in [6.45, 7) is 0. The molecule has 2 aromatic rings. The molecule has 0 aromatic carbocycles. The summed E-state index contributed by atoms with van der Waals surface area (Å²) in [5, 5.41) is 1.92. The van der Waals surface area contributed by atoms with Gasteiger partial charge in [-0.3, -0.25) is 4.79 Å². The van der Waals surface area contributed by atoms with Gasteiger partial charge < -0.3 is 10.2 Å². The standard InChI is InChI=1S/C8H6N2O2S/c9-7(11)8-10-4-5(12-8)6-2-1-3-13-6/h1-4H,(H2,9,11). The fourth-order valence-corrected chi connectivity index (χ4v) is 1.59. The lowest BCUT2D eigenvalue weighted by Gasteiger charge is -1.86. The molecule has 0 atom stereocenters. The number of nitrogens with two attached hydrogens (primary N) is 1. The first-order valence-corrected chi connectivity index (χ1v) is 4.45. The van der Waals surface area contributed by atoms with E-state index in [1.807, 2.05) is 17.5 Å². The zero-order valence-corrected chi connectivity index (χ0v) is 7.38. The molecule has 0 saturated carbocycles. The highest BCUT2D eigenvalue weighted by Gasteiger charge is 2.10. The molecular formula is C8H6N2O2S. The molecule has 4 nitrogen and oxygen atoms in total. The van der Waals surface area contributed by atoms with Gasteiger partial charge in [0.1, 0.15) is 0 Å².